The van der Waals surface area contributed by atoms with Crippen molar-refractivity contribution in [1.29, 1.82) is 0 Å². The summed E-state index contributed by atoms with van der Waals surface area (Å²) >= 11 is 0. The van der Waals surface area contributed by atoms with E-state index in [0.717, 1.165) is 11.1 Å². The van der Waals surface area contributed by atoms with Crippen molar-refractivity contribution in [2.45, 2.75) is 12.6 Å². The fourth-order valence-electron chi connectivity index (χ4n) is 2.11. The minimum atomic E-state index is -5.18. The zero-order valence-corrected chi connectivity index (χ0v) is 14.9. The number of carbonyl (C=O) groups is 1. The Hall–Kier alpha value is -2.22. The Labute approximate surface area is 150 Å². The van der Waals surface area contributed by atoms with Crippen LogP contribution in [0.15, 0.2) is 54.6 Å². The maximum Gasteiger partial charge on any atom is 0.414 e. The predicted octanol–water partition coefficient (Wildman–Crippen LogP) is 1.67. The van der Waals surface area contributed by atoms with E-state index < -0.39 is 25.8 Å². The minimum Gasteiger partial charge on any atom is -0.465 e. The van der Waals surface area contributed by atoms with Crippen molar-refractivity contribution >= 4 is 13.6 Å². The molecule has 0 saturated heterocycles. The van der Waals surface area contributed by atoms with Gasteiger partial charge in [-0.2, -0.15) is 0 Å². The second-order valence-corrected chi connectivity index (χ2v) is 7.00. The Bertz CT molecular complexity index is 775. The molecule has 2 aromatic carbocycles. The van der Waals surface area contributed by atoms with Crippen LogP contribution in [0.5, 0.6) is 5.75 Å². The third-order valence-corrected chi connectivity index (χ3v) is 4.42. The molecule has 1 atom stereocenters. The number of aliphatic hydroxyl groups is 1. The molecule has 0 heterocycles. The summed E-state index contributed by atoms with van der Waals surface area (Å²) in [6, 6.07) is 15.7. The quantitative estimate of drug-likeness (QED) is 0.309. The maximum atomic E-state index is 11.6. The Morgan fingerprint density at radius 1 is 1.08 bits per heavy atom. The molecule has 0 fully saturated rings. The van der Waals surface area contributed by atoms with Gasteiger partial charge in [0, 0.05) is 0 Å². The van der Waals surface area contributed by atoms with Crippen LogP contribution >= 0.6 is 7.60 Å². The van der Waals surface area contributed by atoms with Gasteiger partial charge in [-0.1, -0.05) is 42.5 Å². The van der Waals surface area contributed by atoms with Crippen LogP contribution in [0.1, 0.15) is 6.92 Å². The fraction of sp³-hybridized carbons (Fsp3) is 0.235. The largest absolute Gasteiger partial charge is 0.465 e. The molecule has 0 saturated carbocycles. The topological polar surface area (TPSA) is 125 Å². The number of carbonyl (C=O) groups excluding carboxylic acids is 1. The lowest BCUT2D eigenvalue weighted by Gasteiger charge is -2.29. The van der Waals surface area contributed by atoms with Crippen molar-refractivity contribution in [3.63, 3.8) is 0 Å². The van der Waals surface area contributed by atoms with E-state index in [2.05, 4.69) is 4.74 Å². The van der Waals surface area contributed by atoms with Crippen LogP contribution in [-0.4, -0.2) is 39.7 Å². The summed E-state index contributed by atoms with van der Waals surface area (Å²) < 4.78 is 21.3. The molecule has 9 heteroatoms. The van der Waals surface area contributed by atoms with Gasteiger partial charge in [0.15, 0.2) is 0 Å². The van der Waals surface area contributed by atoms with Gasteiger partial charge in [-0.05, 0) is 30.2 Å². The van der Waals surface area contributed by atoms with Crippen LogP contribution < -0.4 is 10.1 Å². The van der Waals surface area contributed by atoms with Gasteiger partial charge in [-0.3, -0.25) is 9.36 Å². The van der Waals surface area contributed by atoms with E-state index in [0.29, 0.717) is 0 Å². The monoisotopic (exact) mass is 381 g/mol. The zero-order chi connectivity index (χ0) is 19.2. The summed E-state index contributed by atoms with van der Waals surface area (Å²) in [5, 5.41) is 12.2. The number of esters is 1. The molecule has 8 nitrogen and oxygen atoms in total. The van der Waals surface area contributed by atoms with E-state index in [4.69, 9.17) is 4.74 Å². The first-order valence-electron chi connectivity index (χ1n) is 7.78. The van der Waals surface area contributed by atoms with E-state index in [9.17, 15) is 24.3 Å². The van der Waals surface area contributed by atoms with Crippen molar-refractivity contribution in [3.8, 4) is 16.9 Å². The second-order valence-electron chi connectivity index (χ2n) is 5.30. The smallest absolute Gasteiger partial charge is 0.414 e. The third kappa shape index (κ3) is 5.14. The summed E-state index contributed by atoms with van der Waals surface area (Å²) in [5.41, 5.74) is -1.25. The van der Waals surface area contributed by atoms with Gasteiger partial charge in [-0.15, -0.1) is 0 Å². The Balaban J connectivity index is 2.15. The highest BCUT2D eigenvalue weighted by molar-refractivity contribution is 7.53. The van der Waals surface area contributed by atoms with Gasteiger partial charge in [0.05, 0.1) is 6.61 Å². The molecule has 26 heavy (non-hydrogen) atoms. The molecule has 2 aromatic rings. The van der Waals surface area contributed by atoms with Gasteiger partial charge < -0.3 is 24.4 Å². The first-order chi connectivity index (χ1) is 12.2. The molecule has 140 valence electrons. The number of ether oxygens (including phenoxy) is 2. The second kappa shape index (κ2) is 8.44. The van der Waals surface area contributed by atoms with E-state index in [1.807, 2.05) is 35.6 Å². The average Bonchev–Trinajstić information content (AvgIpc) is 2.61. The van der Waals surface area contributed by atoms with Crippen molar-refractivity contribution in [2.75, 3.05) is 13.2 Å². The van der Waals surface area contributed by atoms with Gasteiger partial charge in [-0.25, -0.2) is 5.32 Å². The Kier molecular flexibility index (Phi) is 6.52. The lowest BCUT2D eigenvalue weighted by atomic mass is 10.1. The molecule has 4 N–H and O–H groups in total. The van der Waals surface area contributed by atoms with Crippen molar-refractivity contribution < 1.29 is 33.7 Å². The molecule has 0 aliphatic heterocycles. The first-order valence-corrected chi connectivity index (χ1v) is 9.39. The summed E-state index contributed by atoms with van der Waals surface area (Å²) in [7, 11) is -5.18. The SMILES string of the molecule is CCOC(=O)CNC(O)(Oc1ccc(-c2ccccc2)cc1)P(=O)(O)O. The van der Waals surface area contributed by atoms with E-state index in [1.54, 1.807) is 19.1 Å². The highest BCUT2D eigenvalue weighted by atomic mass is 31.2. The number of nitrogens with one attached hydrogen (secondary N) is 1. The first kappa shape index (κ1) is 20.1. The maximum absolute atomic E-state index is 11.6. The molecule has 0 aromatic heterocycles. The number of hydrogen-bond acceptors (Lipinski definition) is 6. The predicted molar refractivity (Wildman–Crippen MR) is 94.1 cm³/mol. The third-order valence-electron chi connectivity index (χ3n) is 3.38. The molecule has 0 spiro atoms. The zero-order valence-electron chi connectivity index (χ0n) is 14.0. The Morgan fingerprint density at radius 2 is 1.65 bits per heavy atom. The fourth-order valence-corrected chi connectivity index (χ4v) is 2.62. The summed E-state index contributed by atoms with van der Waals surface area (Å²) in [5.74, 6) is -0.783. The molecule has 0 aliphatic carbocycles. The van der Waals surface area contributed by atoms with Crippen molar-refractivity contribution in [3.05, 3.63) is 54.6 Å². The molecule has 0 amide bonds. The van der Waals surface area contributed by atoms with Gasteiger partial charge in [0.2, 0.25) is 0 Å². The van der Waals surface area contributed by atoms with Gasteiger partial charge >= 0.3 is 19.2 Å². The molecular weight excluding hydrogens is 361 g/mol. The van der Waals surface area contributed by atoms with Crippen LogP contribution in [0.2, 0.25) is 0 Å². The van der Waals surface area contributed by atoms with Gasteiger partial charge in [0.1, 0.15) is 12.3 Å². The summed E-state index contributed by atoms with van der Waals surface area (Å²) in [4.78, 5) is 30.2. The van der Waals surface area contributed by atoms with Crippen molar-refractivity contribution in [1.82, 2.24) is 5.32 Å². The lowest BCUT2D eigenvalue weighted by Crippen LogP contribution is -2.52. The molecule has 2 rings (SSSR count). The van der Waals surface area contributed by atoms with Crippen LogP contribution in [0.25, 0.3) is 11.1 Å². The molecule has 1 unspecified atom stereocenters. The van der Waals surface area contributed by atoms with Crippen LogP contribution in [0.4, 0.5) is 0 Å². The molecular formula is C17H20NO7P. The average molecular weight is 381 g/mol. The summed E-state index contributed by atoms with van der Waals surface area (Å²) in [6.45, 7) is 1.03. The number of rotatable bonds is 8. The van der Waals surface area contributed by atoms with Crippen LogP contribution in [-0.2, 0) is 14.1 Å². The number of benzene rings is 2. The lowest BCUT2D eigenvalue weighted by molar-refractivity contribution is -0.148. The normalized spacial score (nSPS) is 13.7. The highest BCUT2D eigenvalue weighted by Crippen LogP contribution is 2.47. The van der Waals surface area contributed by atoms with E-state index in [1.165, 1.54) is 12.1 Å². The standard InChI is InChI=1S/C17H20NO7P/c1-2-24-16(19)12-18-17(20,26(21,22)23)25-15-10-8-14(9-11-15)13-6-4-3-5-7-13/h3-11,18,20H,2,12H2,1H3,(H2,21,22,23). The van der Waals surface area contributed by atoms with E-state index in [-0.39, 0.29) is 12.4 Å². The van der Waals surface area contributed by atoms with E-state index >= 15 is 0 Å². The van der Waals surface area contributed by atoms with Crippen LogP contribution in [0, 0.1) is 0 Å². The highest BCUT2D eigenvalue weighted by Gasteiger charge is 2.49. The molecule has 0 aliphatic rings. The van der Waals surface area contributed by atoms with Crippen LogP contribution in [0.3, 0.4) is 0 Å². The van der Waals surface area contributed by atoms with Gasteiger partial charge in [0.25, 0.3) is 0 Å². The minimum absolute atomic E-state index is 0.00636. The summed E-state index contributed by atoms with van der Waals surface area (Å²) in [6.07, 6.45) is 0. The number of hydrogen-bond donors (Lipinski definition) is 4. The Morgan fingerprint density at radius 3 is 2.19 bits per heavy atom. The molecule has 0 bridgehead atoms. The molecule has 0 radical (unpaired) electrons. The van der Waals surface area contributed by atoms with Crippen molar-refractivity contribution in [2.24, 2.45) is 0 Å².